The third-order valence-corrected chi connectivity index (χ3v) is 11.0. The van der Waals surface area contributed by atoms with Gasteiger partial charge < -0.3 is 42.1 Å². The van der Waals surface area contributed by atoms with E-state index in [0.29, 0.717) is 36.8 Å². The number of Topliss-reactive ketones (excluding diaryl/α,β-unsaturated/α-hetero) is 1. The first-order valence-electron chi connectivity index (χ1n) is 20.5. The molecule has 0 aliphatic rings. The maximum absolute atomic E-state index is 14.1. The summed E-state index contributed by atoms with van der Waals surface area (Å²) < 4.78 is 31.9. The Hall–Kier alpha value is -5.77. The van der Waals surface area contributed by atoms with Crippen LogP contribution >= 0.6 is 0 Å². The smallest absolute Gasteiger partial charge is 0.305 e. The molecule has 0 heterocycles. The van der Waals surface area contributed by atoms with Crippen molar-refractivity contribution in [1.82, 2.24) is 25.8 Å². The van der Waals surface area contributed by atoms with Crippen LogP contribution in [0.3, 0.4) is 0 Å². The van der Waals surface area contributed by atoms with Crippen molar-refractivity contribution in [3.63, 3.8) is 0 Å². The van der Waals surface area contributed by atoms with Gasteiger partial charge in [-0.2, -0.15) is 8.42 Å². The maximum atomic E-state index is 14.1. The van der Waals surface area contributed by atoms with E-state index in [1.54, 1.807) is 30.3 Å². The largest absolute Gasteiger partial charge is 0.481 e. The minimum Gasteiger partial charge on any atom is -0.481 e. The predicted octanol–water partition coefficient (Wildman–Crippen LogP) is 0.153. The normalized spacial score (nSPS) is 14.2. The number of carboxylic acids is 2. The van der Waals surface area contributed by atoms with Gasteiger partial charge in [0.05, 0.1) is 37.5 Å². The van der Waals surface area contributed by atoms with E-state index in [1.165, 1.54) is 38.4 Å². The monoisotopic (exact) mass is 903 g/mol. The molecule has 0 fully saturated rings. The molecular formula is C42H61N7O13S. The number of nitrogens with one attached hydrogen (secondary N) is 3. The number of nitrogens with zero attached hydrogens (tertiary/aromatic N) is 2. The van der Waals surface area contributed by atoms with Gasteiger partial charge in [-0.05, 0) is 29.5 Å². The molecule has 2 aromatic carbocycles. The summed E-state index contributed by atoms with van der Waals surface area (Å²) in [6.45, 7) is 3.26. The van der Waals surface area contributed by atoms with Crippen LogP contribution in [0.5, 0.6) is 0 Å². The Morgan fingerprint density at radius 2 is 1.17 bits per heavy atom. The van der Waals surface area contributed by atoms with Crippen LogP contribution in [0.1, 0.15) is 81.9 Å². The fraction of sp³-hybridized carbons (Fsp3) is 0.524. The summed E-state index contributed by atoms with van der Waals surface area (Å²) in [6, 6.07) is 6.52. The number of unbranched alkanes of at least 4 members (excludes halogenated alkanes) is 2. The van der Waals surface area contributed by atoms with Gasteiger partial charge in [-0.25, -0.2) is 0 Å². The predicted molar refractivity (Wildman–Crippen MR) is 230 cm³/mol. The van der Waals surface area contributed by atoms with Gasteiger partial charge in [0.1, 0.15) is 23.9 Å². The number of carbonyl (C=O) groups is 8. The Morgan fingerprint density at radius 1 is 0.667 bits per heavy atom. The average Bonchev–Trinajstić information content (AvgIpc) is 3.22. The minimum atomic E-state index is -4.34. The van der Waals surface area contributed by atoms with Crippen LogP contribution in [-0.2, 0) is 67.1 Å². The Bertz CT molecular complexity index is 2000. The summed E-state index contributed by atoms with van der Waals surface area (Å²) in [5.74, 6) is -8.17. The lowest BCUT2D eigenvalue weighted by Gasteiger charge is -2.35. The molecule has 0 saturated heterocycles. The highest BCUT2D eigenvalue weighted by atomic mass is 32.2. The van der Waals surface area contributed by atoms with Crippen molar-refractivity contribution < 1.29 is 61.5 Å². The molecule has 0 saturated carbocycles. The summed E-state index contributed by atoms with van der Waals surface area (Å²) in [5.41, 5.74) is 12.8. The fourth-order valence-electron chi connectivity index (χ4n) is 6.66. The van der Waals surface area contributed by atoms with Crippen LogP contribution in [0.2, 0.25) is 0 Å². The van der Waals surface area contributed by atoms with Gasteiger partial charge in [-0.1, -0.05) is 94.1 Å². The number of ketones is 1. The molecule has 0 bridgehead atoms. The molecule has 10 N–H and O–H groups in total. The molecule has 2 rings (SSSR count). The molecule has 348 valence electrons. The molecule has 0 aliphatic heterocycles. The number of aliphatic carboxylic acids is 2. The van der Waals surface area contributed by atoms with Crippen LogP contribution in [0.15, 0.2) is 54.6 Å². The molecule has 0 unspecified atom stereocenters. The lowest BCUT2D eigenvalue weighted by atomic mass is 10.0. The van der Waals surface area contributed by atoms with Gasteiger partial charge in [0.2, 0.25) is 29.5 Å². The molecule has 0 aromatic heterocycles. The Labute approximate surface area is 367 Å². The van der Waals surface area contributed by atoms with E-state index in [2.05, 4.69) is 16.0 Å². The Kier molecular flexibility index (Phi) is 22.0. The zero-order valence-corrected chi connectivity index (χ0v) is 36.8. The summed E-state index contributed by atoms with van der Waals surface area (Å²) in [6.07, 6.45) is 0.806. The molecule has 2 aromatic rings. The number of hydrogen-bond acceptors (Lipinski definition) is 12. The van der Waals surface area contributed by atoms with E-state index in [4.69, 9.17) is 16.6 Å². The first-order valence-corrected chi connectivity index (χ1v) is 22.1. The molecule has 63 heavy (non-hydrogen) atoms. The number of benzene rings is 2. The molecule has 0 spiro atoms. The van der Waals surface area contributed by atoms with Crippen molar-refractivity contribution in [1.29, 1.82) is 0 Å². The quantitative estimate of drug-likeness (QED) is 0.0504. The average molecular weight is 904 g/mol. The van der Waals surface area contributed by atoms with Crippen LogP contribution in [0.25, 0.3) is 0 Å². The standard InChI is InChI=1S/C42H61N7O13S/c1-5-7-14-30(46-40(57)32(47-39(56)29(43)22-36(51)52)20-27-16-18-28(19-17-27)25-63(60,61)62)35(50)24-45-31(15-8-6-2)41(58)49(4)34(23-37(53)54)42(59)48(3)33(38(44)55)21-26-12-10-9-11-13-26/h9-13,16-19,29-34,45H,5-8,14-15,20-25,43H2,1-4H3,(H2,44,55)(H,46,57)(H,47,56)(H,51,52)(H,53,54)(H,60,61,62)/t29-,30+,31+,32+,33+,34-/m1/s1. The molecule has 0 aliphatic carbocycles. The second-order valence-electron chi connectivity index (χ2n) is 15.4. The van der Waals surface area contributed by atoms with Crippen molar-refractivity contribution >= 4 is 57.4 Å². The number of hydrogen-bond donors (Lipinski definition) is 8. The van der Waals surface area contributed by atoms with Crippen LogP contribution < -0.4 is 27.4 Å². The zero-order chi connectivity index (χ0) is 47.4. The number of nitrogens with two attached hydrogens (primary N) is 2. The topological polar surface area (TPSA) is 326 Å². The van der Waals surface area contributed by atoms with Crippen LogP contribution in [0, 0.1) is 0 Å². The highest BCUT2D eigenvalue weighted by Gasteiger charge is 2.38. The Morgan fingerprint density at radius 3 is 1.70 bits per heavy atom. The molecule has 5 amide bonds. The number of likely N-dealkylation sites (N-methyl/N-ethyl adjacent to an activating group) is 2. The number of carbonyl (C=O) groups excluding carboxylic acids is 6. The number of carboxylic acid groups (broad SMARTS) is 2. The molecule has 0 radical (unpaired) electrons. The Balaban J connectivity index is 2.36. The van der Waals surface area contributed by atoms with Crippen molar-refractivity contribution in [2.24, 2.45) is 11.5 Å². The second kappa shape index (κ2) is 26.0. The van der Waals surface area contributed by atoms with E-state index in [-0.39, 0.29) is 31.2 Å². The molecule has 20 nitrogen and oxygen atoms in total. The SMILES string of the molecule is CCCC[C@H](NC(=O)[C@H](Cc1ccc(CS(=O)(=O)O)cc1)NC(=O)[C@H](N)CC(=O)O)C(=O)CN[C@@H](CCCC)C(=O)N(C)[C@H](CC(=O)O)C(=O)N(C)[C@@H](Cc1ccccc1)C(N)=O. The van der Waals surface area contributed by atoms with Crippen molar-refractivity contribution in [2.75, 3.05) is 20.6 Å². The summed E-state index contributed by atoms with van der Waals surface area (Å²) in [5, 5.41) is 27.0. The maximum Gasteiger partial charge on any atom is 0.305 e. The highest BCUT2D eigenvalue weighted by molar-refractivity contribution is 7.85. The molecule has 6 atom stereocenters. The lowest BCUT2D eigenvalue weighted by molar-refractivity contribution is -0.152. The van der Waals surface area contributed by atoms with E-state index >= 15 is 0 Å². The summed E-state index contributed by atoms with van der Waals surface area (Å²) in [4.78, 5) is 106. The van der Waals surface area contributed by atoms with E-state index in [1.807, 2.05) is 13.8 Å². The fourth-order valence-corrected chi connectivity index (χ4v) is 7.27. The van der Waals surface area contributed by atoms with Gasteiger partial charge in [0.15, 0.2) is 5.78 Å². The number of rotatable bonds is 29. The first kappa shape index (κ1) is 53.4. The van der Waals surface area contributed by atoms with Gasteiger partial charge in [0.25, 0.3) is 10.1 Å². The van der Waals surface area contributed by atoms with Gasteiger partial charge >= 0.3 is 11.9 Å². The third-order valence-electron chi connectivity index (χ3n) is 10.3. The zero-order valence-electron chi connectivity index (χ0n) is 36.0. The van der Waals surface area contributed by atoms with E-state index in [9.17, 15) is 56.4 Å². The van der Waals surface area contributed by atoms with Gasteiger partial charge in [-0.15, -0.1) is 0 Å². The van der Waals surface area contributed by atoms with Crippen molar-refractivity contribution in [2.45, 2.75) is 120 Å². The van der Waals surface area contributed by atoms with E-state index < -0.39 is 119 Å². The van der Waals surface area contributed by atoms with Gasteiger partial charge in [0, 0.05) is 26.9 Å². The number of primary amides is 1. The minimum absolute atomic E-state index is 0.0343. The van der Waals surface area contributed by atoms with E-state index in [0.717, 1.165) is 9.80 Å². The van der Waals surface area contributed by atoms with Crippen LogP contribution in [-0.4, -0.2) is 137 Å². The van der Waals surface area contributed by atoms with Crippen molar-refractivity contribution in [3.05, 3.63) is 71.3 Å². The van der Waals surface area contributed by atoms with Gasteiger partial charge in [-0.3, -0.25) is 48.2 Å². The molecule has 21 heteroatoms. The second-order valence-corrected chi connectivity index (χ2v) is 16.8. The third kappa shape index (κ3) is 18.6. The molecular weight excluding hydrogens is 843 g/mol. The summed E-state index contributed by atoms with van der Waals surface area (Å²) >= 11 is 0. The van der Waals surface area contributed by atoms with Crippen LogP contribution in [0.4, 0.5) is 0 Å². The number of amides is 5. The lowest BCUT2D eigenvalue weighted by Crippen LogP contribution is -2.58. The summed E-state index contributed by atoms with van der Waals surface area (Å²) in [7, 11) is -1.78. The highest BCUT2D eigenvalue weighted by Crippen LogP contribution is 2.17. The first-order chi connectivity index (χ1) is 29.6. The van der Waals surface area contributed by atoms with Crippen molar-refractivity contribution in [3.8, 4) is 0 Å².